The summed E-state index contributed by atoms with van der Waals surface area (Å²) in [4.78, 5) is 2.18. The van der Waals surface area contributed by atoms with E-state index in [9.17, 15) is 13.5 Å². The smallest absolute Gasteiger partial charge is 0.243 e. The van der Waals surface area contributed by atoms with Gasteiger partial charge in [0.15, 0.2) is 11.5 Å². The standard InChI is InChI=1S/C16H26N2O5S/c1-17(2)8-12-9-18(10-13(12)11-19)24(20,21)14-5-6-15(22-3)16(7-14)23-4/h5-7,12-13,19H,8-11H2,1-4H3/t12-,13-/m1/s1. The third-order valence-corrected chi connectivity index (χ3v) is 6.20. The van der Waals surface area contributed by atoms with Gasteiger partial charge in [-0.3, -0.25) is 0 Å². The van der Waals surface area contributed by atoms with Gasteiger partial charge in [-0.2, -0.15) is 4.31 Å². The Morgan fingerprint density at radius 2 is 1.79 bits per heavy atom. The quantitative estimate of drug-likeness (QED) is 0.764. The van der Waals surface area contributed by atoms with Crippen LogP contribution in [-0.2, 0) is 10.0 Å². The third-order valence-electron chi connectivity index (χ3n) is 4.37. The van der Waals surface area contributed by atoms with Gasteiger partial charge in [0.2, 0.25) is 10.0 Å². The van der Waals surface area contributed by atoms with Crippen LogP contribution in [0.5, 0.6) is 11.5 Å². The van der Waals surface area contributed by atoms with Gasteiger partial charge in [0.1, 0.15) is 0 Å². The molecule has 1 heterocycles. The Morgan fingerprint density at radius 1 is 1.17 bits per heavy atom. The highest BCUT2D eigenvalue weighted by Crippen LogP contribution is 2.33. The van der Waals surface area contributed by atoms with E-state index in [2.05, 4.69) is 0 Å². The number of aliphatic hydroxyl groups is 1. The average Bonchev–Trinajstić information content (AvgIpc) is 2.96. The third kappa shape index (κ3) is 3.83. The Bertz CT molecular complexity index is 662. The minimum Gasteiger partial charge on any atom is -0.493 e. The minimum absolute atomic E-state index is 0.0174. The zero-order valence-corrected chi connectivity index (χ0v) is 15.4. The summed E-state index contributed by atoms with van der Waals surface area (Å²) in [5, 5.41) is 9.58. The number of rotatable bonds is 7. The van der Waals surface area contributed by atoms with Gasteiger partial charge in [-0.15, -0.1) is 0 Å². The van der Waals surface area contributed by atoms with Crippen molar-refractivity contribution in [3.05, 3.63) is 18.2 Å². The molecule has 7 nitrogen and oxygen atoms in total. The molecule has 1 fully saturated rings. The molecule has 0 saturated carbocycles. The van der Waals surface area contributed by atoms with Crippen molar-refractivity contribution >= 4 is 10.0 Å². The molecule has 24 heavy (non-hydrogen) atoms. The van der Waals surface area contributed by atoms with E-state index in [0.29, 0.717) is 24.6 Å². The number of methoxy groups -OCH3 is 2. The molecule has 0 unspecified atom stereocenters. The molecule has 136 valence electrons. The number of nitrogens with zero attached hydrogens (tertiary/aromatic N) is 2. The van der Waals surface area contributed by atoms with Crippen LogP contribution < -0.4 is 9.47 Å². The summed E-state index contributed by atoms with van der Waals surface area (Å²) in [5.74, 6) is 0.917. The second-order valence-corrected chi connectivity index (χ2v) is 8.24. The second-order valence-electron chi connectivity index (χ2n) is 6.30. The first-order chi connectivity index (χ1) is 11.3. The van der Waals surface area contributed by atoms with Crippen molar-refractivity contribution in [3.63, 3.8) is 0 Å². The Hall–Kier alpha value is -1.35. The van der Waals surface area contributed by atoms with Crippen molar-refractivity contribution in [2.24, 2.45) is 11.8 Å². The zero-order valence-electron chi connectivity index (χ0n) is 14.6. The van der Waals surface area contributed by atoms with Crippen LogP contribution in [0.4, 0.5) is 0 Å². The molecule has 2 rings (SSSR count). The lowest BCUT2D eigenvalue weighted by atomic mass is 9.97. The largest absolute Gasteiger partial charge is 0.493 e. The molecule has 0 bridgehead atoms. The fourth-order valence-electron chi connectivity index (χ4n) is 3.10. The average molecular weight is 358 g/mol. The number of sulfonamides is 1. The summed E-state index contributed by atoms with van der Waals surface area (Å²) in [6, 6.07) is 4.58. The lowest BCUT2D eigenvalue weighted by Gasteiger charge is -2.20. The van der Waals surface area contributed by atoms with E-state index in [0.717, 1.165) is 6.54 Å². The topological polar surface area (TPSA) is 79.3 Å². The zero-order chi connectivity index (χ0) is 17.9. The maximum absolute atomic E-state index is 12.9. The molecule has 0 radical (unpaired) electrons. The molecule has 8 heteroatoms. The van der Waals surface area contributed by atoms with Gasteiger partial charge in [0.05, 0.1) is 19.1 Å². The molecule has 2 atom stereocenters. The van der Waals surface area contributed by atoms with E-state index in [1.54, 1.807) is 6.07 Å². The first-order valence-corrected chi connectivity index (χ1v) is 9.25. The lowest BCUT2D eigenvalue weighted by molar-refractivity contribution is 0.185. The normalized spacial score (nSPS) is 22.1. The Labute approximate surface area is 143 Å². The second kappa shape index (κ2) is 7.69. The molecule has 0 aromatic heterocycles. The molecule has 1 aliphatic rings. The number of benzene rings is 1. The Morgan fingerprint density at radius 3 is 2.33 bits per heavy atom. The van der Waals surface area contributed by atoms with Crippen LogP contribution in [0.25, 0.3) is 0 Å². The molecule has 1 aromatic rings. The monoisotopic (exact) mass is 358 g/mol. The molecule has 1 aromatic carbocycles. The van der Waals surface area contributed by atoms with Gasteiger partial charge in [-0.1, -0.05) is 0 Å². The van der Waals surface area contributed by atoms with Crippen molar-refractivity contribution < 1.29 is 23.0 Å². The summed E-state index contributed by atoms with van der Waals surface area (Å²) in [7, 11) is 3.22. The van der Waals surface area contributed by atoms with Gasteiger partial charge in [0.25, 0.3) is 0 Å². The van der Waals surface area contributed by atoms with Crippen molar-refractivity contribution in [3.8, 4) is 11.5 Å². The molecule has 1 aliphatic heterocycles. The van der Waals surface area contributed by atoms with Crippen molar-refractivity contribution in [1.82, 2.24) is 9.21 Å². The van der Waals surface area contributed by atoms with Crippen molar-refractivity contribution in [2.45, 2.75) is 4.90 Å². The summed E-state index contributed by atoms with van der Waals surface area (Å²) < 4.78 is 37.7. The first kappa shape index (κ1) is 19.0. The van der Waals surface area contributed by atoms with Gasteiger partial charge >= 0.3 is 0 Å². The van der Waals surface area contributed by atoms with E-state index in [1.807, 2.05) is 19.0 Å². The van der Waals surface area contributed by atoms with E-state index in [4.69, 9.17) is 9.47 Å². The number of hydrogen-bond donors (Lipinski definition) is 1. The van der Waals surface area contributed by atoms with Gasteiger partial charge < -0.3 is 19.5 Å². The molecular formula is C16H26N2O5S. The van der Waals surface area contributed by atoms with E-state index in [1.165, 1.54) is 30.7 Å². The highest BCUT2D eigenvalue weighted by Gasteiger charge is 2.39. The van der Waals surface area contributed by atoms with Gasteiger partial charge in [0, 0.05) is 38.2 Å². The number of ether oxygens (including phenoxy) is 2. The Kier molecular flexibility index (Phi) is 6.08. The fourth-order valence-corrected chi connectivity index (χ4v) is 4.67. The predicted molar refractivity (Wildman–Crippen MR) is 90.9 cm³/mol. The number of aliphatic hydroxyl groups excluding tert-OH is 1. The van der Waals surface area contributed by atoms with Crippen LogP contribution in [0.2, 0.25) is 0 Å². The highest BCUT2D eigenvalue weighted by molar-refractivity contribution is 7.89. The highest BCUT2D eigenvalue weighted by atomic mass is 32.2. The maximum atomic E-state index is 12.9. The fraction of sp³-hybridized carbons (Fsp3) is 0.625. The summed E-state index contributed by atoms with van der Waals surface area (Å²) in [6.45, 7) is 1.45. The van der Waals surface area contributed by atoms with Crippen LogP contribution in [-0.4, -0.2) is 77.3 Å². The predicted octanol–water partition coefficient (Wildman–Crippen LogP) is 0.494. The van der Waals surface area contributed by atoms with Crippen LogP contribution in [0.1, 0.15) is 0 Å². The van der Waals surface area contributed by atoms with Crippen molar-refractivity contribution in [1.29, 1.82) is 0 Å². The van der Waals surface area contributed by atoms with Gasteiger partial charge in [-0.25, -0.2) is 8.42 Å². The number of hydrogen-bond acceptors (Lipinski definition) is 6. The lowest BCUT2D eigenvalue weighted by Crippen LogP contribution is -2.31. The molecule has 0 spiro atoms. The molecular weight excluding hydrogens is 332 g/mol. The van der Waals surface area contributed by atoms with Crippen molar-refractivity contribution in [2.75, 3.05) is 54.6 Å². The Balaban J connectivity index is 2.27. The maximum Gasteiger partial charge on any atom is 0.243 e. The van der Waals surface area contributed by atoms with Crippen LogP contribution in [0.15, 0.2) is 23.1 Å². The van der Waals surface area contributed by atoms with E-state index >= 15 is 0 Å². The summed E-state index contributed by atoms with van der Waals surface area (Å²) in [5.41, 5.74) is 0. The van der Waals surface area contributed by atoms with Crippen LogP contribution in [0, 0.1) is 11.8 Å². The molecule has 0 amide bonds. The van der Waals surface area contributed by atoms with E-state index in [-0.39, 0.29) is 23.3 Å². The van der Waals surface area contributed by atoms with Crippen LogP contribution in [0.3, 0.4) is 0 Å². The molecule has 1 saturated heterocycles. The van der Waals surface area contributed by atoms with Crippen LogP contribution >= 0.6 is 0 Å². The molecule has 1 N–H and O–H groups in total. The minimum atomic E-state index is -3.64. The first-order valence-electron chi connectivity index (χ1n) is 7.81. The van der Waals surface area contributed by atoms with E-state index < -0.39 is 10.0 Å². The molecule has 0 aliphatic carbocycles. The van der Waals surface area contributed by atoms with Gasteiger partial charge in [-0.05, 0) is 32.1 Å². The summed E-state index contributed by atoms with van der Waals surface area (Å²) in [6.07, 6.45) is 0. The summed E-state index contributed by atoms with van der Waals surface area (Å²) >= 11 is 0. The SMILES string of the molecule is COc1ccc(S(=O)(=O)N2C[C@@H](CN(C)C)[C@@H](CO)C2)cc1OC.